The van der Waals surface area contributed by atoms with Crippen molar-refractivity contribution in [3.63, 3.8) is 0 Å². The van der Waals surface area contributed by atoms with Crippen LogP contribution in [0.25, 0.3) is 12.2 Å². The lowest BCUT2D eigenvalue weighted by Gasteiger charge is -2.48. The molecule has 0 saturated heterocycles. The number of carboxylic acids is 1. The minimum absolute atomic E-state index is 0.0319. The number of alkyl halides is 6. The number of rotatable bonds is 2. The van der Waals surface area contributed by atoms with E-state index in [4.69, 9.17) is 74.3 Å². The van der Waals surface area contributed by atoms with Gasteiger partial charge in [-0.25, -0.2) is 0 Å². The molecule has 0 aromatic heterocycles. The Labute approximate surface area is 246 Å². The lowest BCUT2D eigenvalue weighted by atomic mass is 9.60. The topological polar surface area (TPSA) is 107 Å². The number of carbonyl (C=O) groups is 1. The monoisotopic (exact) mass is 638 g/mol. The number of aromatic hydroxyl groups is 3. The summed E-state index contributed by atoms with van der Waals surface area (Å²) in [6, 6.07) is 6.01. The Morgan fingerprint density at radius 3 is 2.11 bits per heavy atom. The number of phenols is 3. The molecule has 3 fully saturated rings. The fourth-order valence-corrected chi connectivity index (χ4v) is 10.9. The molecule has 1 heterocycles. The van der Waals surface area contributed by atoms with Gasteiger partial charge >= 0.3 is 5.97 Å². The second-order valence-corrected chi connectivity index (χ2v) is 13.7. The average molecular weight is 641 g/mol. The highest BCUT2D eigenvalue weighted by molar-refractivity contribution is 6.55. The lowest BCUT2D eigenvalue weighted by molar-refractivity contribution is -0.145. The highest BCUT2D eigenvalue weighted by Gasteiger charge is 2.94. The van der Waals surface area contributed by atoms with E-state index >= 15 is 0 Å². The van der Waals surface area contributed by atoms with Gasteiger partial charge in [-0.3, -0.25) is 4.79 Å². The molecule has 8 atom stereocenters. The van der Waals surface area contributed by atoms with Crippen LogP contribution in [0.2, 0.25) is 0 Å². The van der Waals surface area contributed by atoms with E-state index in [1.165, 1.54) is 12.1 Å². The Balaban J connectivity index is 1.65. The Morgan fingerprint density at radius 2 is 1.50 bits per heavy atom. The smallest absolute Gasteiger partial charge is 0.307 e. The van der Waals surface area contributed by atoms with Crippen LogP contribution >= 0.6 is 69.6 Å². The summed E-state index contributed by atoms with van der Waals surface area (Å²) in [5, 5.41) is 39.5. The summed E-state index contributed by atoms with van der Waals surface area (Å²) in [6.07, 6.45) is 0.0344. The van der Waals surface area contributed by atoms with Crippen LogP contribution in [-0.4, -0.2) is 52.2 Å². The van der Waals surface area contributed by atoms with Crippen molar-refractivity contribution in [3.8, 4) is 28.7 Å². The number of ether oxygens (including phenoxy) is 1. The molecule has 0 radical (unpaired) electrons. The van der Waals surface area contributed by atoms with E-state index in [1.54, 1.807) is 12.1 Å². The van der Waals surface area contributed by atoms with Crippen molar-refractivity contribution in [1.29, 1.82) is 0 Å². The first-order chi connectivity index (χ1) is 17.7. The number of hydrogen-bond donors (Lipinski definition) is 4. The third-order valence-electron chi connectivity index (χ3n) is 9.03. The minimum atomic E-state index is -1.52. The Morgan fingerprint density at radius 1 is 0.895 bits per heavy atom. The van der Waals surface area contributed by atoms with E-state index in [0.717, 1.165) is 0 Å². The maximum Gasteiger partial charge on any atom is 0.307 e. The van der Waals surface area contributed by atoms with Crippen LogP contribution in [-0.2, 0) is 4.79 Å². The molecule has 6 nitrogen and oxygen atoms in total. The Kier molecular flexibility index (Phi) is 5.86. The maximum absolute atomic E-state index is 12.8. The van der Waals surface area contributed by atoms with Crippen LogP contribution in [0.15, 0.2) is 24.3 Å². The fourth-order valence-electron chi connectivity index (χ4n) is 7.20. The van der Waals surface area contributed by atoms with Gasteiger partial charge in [-0.15, -0.1) is 69.6 Å². The first kappa shape index (κ1) is 26.8. The van der Waals surface area contributed by atoms with E-state index < -0.39 is 66.0 Å². The standard InChI is InChI=1S/C26H20Cl6O6/c1-8-2-3-9-14(10-4-5-13(33)18(35)20(10)38-19(9)17(8)34)11-6-24-21(29)15(27)16(28)22(30)25(24,26(24,31)32)7-12(11)23(36)37/h2-5,11-12,15-16,21-22,33-35H,1,6-7H2,(H,36,37). The van der Waals surface area contributed by atoms with Gasteiger partial charge in [-0.05, 0) is 36.5 Å². The molecule has 202 valence electrons. The van der Waals surface area contributed by atoms with Crippen molar-refractivity contribution in [1.82, 2.24) is 0 Å². The fraction of sp³-hybridized carbons (Fsp3) is 0.423. The van der Waals surface area contributed by atoms with Gasteiger partial charge in [-0.2, -0.15) is 0 Å². The van der Waals surface area contributed by atoms with Gasteiger partial charge in [0.15, 0.2) is 23.0 Å². The molecule has 0 spiro atoms. The summed E-state index contributed by atoms with van der Waals surface area (Å²) in [4.78, 5) is 12.8. The molecule has 38 heavy (non-hydrogen) atoms. The van der Waals surface area contributed by atoms with Crippen molar-refractivity contribution in [3.05, 3.63) is 40.3 Å². The Hall–Kier alpha value is -1.41. The lowest BCUT2D eigenvalue weighted by Crippen LogP contribution is -2.54. The first-order valence-corrected chi connectivity index (χ1v) is 14.2. The van der Waals surface area contributed by atoms with Crippen molar-refractivity contribution in [2.75, 3.05) is 0 Å². The minimum Gasteiger partial charge on any atom is -0.504 e. The van der Waals surface area contributed by atoms with E-state index in [1.807, 2.05) is 0 Å². The van der Waals surface area contributed by atoms with E-state index in [-0.39, 0.29) is 35.3 Å². The number of phenolic OH excluding ortho intramolecular Hbond substituents is 3. The van der Waals surface area contributed by atoms with Crippen molar-refractivity contribution in [2.24, 2.45) is 22.7 Å². The summed E-state index contributed by atoms with van der Waals surface area (Å²) in [5.74, 6) is -4.45. The second kappa shape index (κ2) is 8.31. The number of halogens is 6. The number of benzene rings is 2. The van der Waals surface area contributed by atoms with Gasteiger partial charge in [-0.1, -0.05) is 18.7 Å². The molecule has 2 aromatic rings. The third-order valence-corrected chi connectivity index (χ3v) is 13.1. The van der Waals surface area contributed by atoms with E-state index in [9.17, 15) is 25.2 Å². The normalized spacial score (nSPS) is 38.2. The van der Waals surface area contributed by atoms with Crippen molar-refractivity contribution >= 4 is 87.7 Å². The average Bonchev–Trinajstić information content (AvgIpc) is 3.34. The molecular formula is C26H20Cl6O6. The van der Waals surface area contributed by atoms with Crippen LogP contribution in [0.4, 0.5) is 0 Å². The number of aliphatic carboxylic acids is 1. The van der Waals surface area contributed by atoms with Gasteiger partial charge < -0.3 is 25.2 Å². The summed E-state index contributed by atoms with van der Waals surface area (Å²) in [5.41, 5.74) is -1.43. The van der Waals surface area contributed by atoms with Crippen molar-refractivity contribution < 1.29 is 30.0 Å². The predicted octanol–water partition coefficient (Wildman–Crippen LogP) is 5.23. The van der Waals surface area contributed by atoms with Crippen LogP contribution in [0, 0.1) is 22.7 Å². The zero-order valence-electron chi connectivity index (χ0n) is 19.3. The zero-order valence-corrected chi connectivity index (χ0v) is 23.8. The molecular weight excluding hydrogens is 621 g/mol. The molecule has 4 aliphatic rings. The van der Waals surface area contributed by atoms with Crippen LogP contribution < -0.4 is 15.2 Å². The summed E-state index contributed by atoms with van der Waals surface area (Å²) in [7, 11) is 0. The molecule has 8 unspecified atom stereocenters. The second-order valence-electron chi connectivity index (χ2n) is 10.4. The molecule has 3 saturated carbocycles. The Bertz CT molecular complexity index is 1530. The van der Waals surface area contributed by atoms with Gasteiger partial charge in [0.1, 0.15) is 4.33 Å². The molecule has 2 aromatic carbocycles. The van der Waals surface area contributed by atoms with Crippen LogP contribution in [0.1, 0.15) is 18.4 Å². The van der Waals surface area contributed by atoms with Gasteiger partial charge in [0.2, 0.25) is 5.75 Å². The summed E-state index contributed by atoms with van der Waals surface area (Å²) < 4.78 is 4.34. The SMILES string of the molecule is C=c1ccc2c(c1O)Oc1c(ccc(O)c1O)C=2C1CC23C(Cl)C(Cl)C(Cl)C(Cl)C2(CC1C(=O)O)C3(Cl)Cl. The largest absolute Gasteiger partial charge is 0.504 e. The number of hydrogen-bond acceptors (Lipinski definition) is 5. The molecule has 1 aliphatic heterocycles. The third kappa shape index (κ3) is 2.92. The number of carboxylic acid groups (broad SMARTS) is 1. The van der Waals surface area contributed by atoms with Gasteiger partial charge in [0.25, 0.3) is 0 Å². The van der Waals surface area contributed by atoms with E-state index in [2.05, 4.69) is 6.58 Å². The quantitative estimate of drug-likeness (QED) is 0.265. The highest BCUT2D eigenvalue weighted by Crippen LogP contribution is 2.90. The molecule has 3 aliphatic carbocycles. The van der Waals surface area contributed by atoms with E-state index in [0.29, 0.717) is 16.4 Å². The van der Waals surface area contributed by atoms with Gasteiger partial charge in [0, 0.05) is 26.8 Å². The predicted molar refractivity (Wildman–Crippen MR) is 147 cm³/mol. The number of fused-ring (bicyclic) bond motifs is 2. The molecule has 6 rings (SSSR count). The van der Waals surface area contributed by atoms with Crippen LogP contribution in [0.5, 0.6) is 28.7 Å². The van der Waals surface area contributed by atoms with Crippen molar-refractivity contribution in [2.45, 2.75) is 38.7 Å². The molecule has 12 heteroatoms. The first-order valence-electron chi connectivity index (χ1n) is 11.7. The highest BCUT2D eigenvalue weighted by atomic mass is 35.5. The van der Waals surface area contributed by atoms with Gasteiger partial charge in [0.05, 0.1) is 27.4 Å². The molecule has 4 N–H and O–H groups in total. The van der Waals surface area contributed by atoms with Crippen LogP contribution in [0.3, 0.4) is 0 Å². The summed E-state index contributed by atoms with van der Waals surface area (Å²) in [6.45, 7) is 3.79. The zero-order chi connectivity index (χ0) is 27.7. The molecule has 0 bridgehead atoms. The summed E-state index contributed by atoms with van der Waals surface area (Å²) >= 11 is 40.9. The molecule has 0 amide bonds. The maximum atomic E-state index is 12.8.